The van der Waals surface area contributed by atoms with Crippen LogP contribution in [-0.4, -0.2) is 35.3 Å². The van der Waals surface area contributed by atoms with Gasteiger partial charge in [-0.2, -0.15) is 13.2 Å². The number of aromatic nitrogens is 1. The van der Waals surface area contributed by atoms with Gasteiger partial charge in [0.25, 0.3) is 11.6 Å². The maximum absolute atomic E-state index is 13.0. The van der Waals surface area contributed by atoms with Gasteiger partial charge in [0, 0.05) is 24.4 Å². The Morgan fingerprint density at radius 1 is 1.11 bits per heavy atom. The van der Waals surface area contributed by atoms with E-state index in [2.05, 4.69) is 10.3 Å². The highest BCUT2D eigenvalue weighted by atomic mass is 31.2. The molecule has 0 spiro atoms. The molecule has 1 amide bonds. The van der Waals surface area contributed by atoms with E-state index in [-0.39, 0.29) is 24.8 Å². The standard InChI is InChI=1S/C22H27F3N3O7P/c1-3-5-11-33-36(32,34-12-6-4-2)15-27-21(29)18-13-17(8-9-19(18)28(30)31)35-20-10-7-16(14-26-20)22(23,24)25/h7-10,13-14H,3-6,11-12,15H2,1-2H3,(H,27,29). The monoisotopic (exact) mass is 533 g/mol. The number of hydrogen-bond acceptors (Lipinski definition) is 8. The first kappa shape index (κ1) is 29.2. The highest BCUT2D eigenvalue weighted by Gasteiger charge is 2.31. The van der Waals surface area contributed by atoms with Crippen LogP contribution in [-0.2, 0) is 19.8 Å². The lowest BCUT2D eigenvalue weighted by Crippen LogP contribution is -2.26. The Balaban J connectivity index is 2.20. The molecule has 0 aliphatic carbocycles. The van der Waals surface area contributed by atoms with Crippen molar-refractivity contribution in [2.45, 2.75) is 45.7 Å². The molecular formula is C22H27F3N3O7P. The highest BCUT2D eigenvalue weighted by Crippen LogP contribution is 2.47. The summed E-state index contributed by atoms with van der Waals surface area (Å²) in [7, 11) is -3.71. The second kappa shape index (κ2) is 13.3. The highest BCUT2D eigenvalue weighted by molar-refractivity contribution is 7.53. The molecule has 0 bridgehead atoms. The third kappa shape index (κ3) is 8.89. The van der Waals surface area contributed by atoms with Crippen molar-refractivity contribution in [1.82, 2.24) is 10.3 Å². The van der Waals surface area contributed by atoms with E-state index >= 15 is 0 Å². The number of halogens is 3. The molecule has 10 nitrogen and oxygen atoms in total. The summed E-state index contributed by atoms with van der Waals surface area (Å²) >= 11 is 0. The van der Waals surface area contributed by atoms with Gasteiger partial charge < -0.3 is 19.1 Å². The third-order valence-electron chi connectivity index (χ3n) is 4.70. The molecule has 0 saturated carbocycles. The summed E-state index contributed by atoms with van der Waals surface area (Å²) in [5, 5.41) is 13.8. The lowest BCUT2D eigenvalue weighted by molar-refractivity contribution is -0.385. The van der Waals surface area contributed by atoms with Crippen molar-refractivity contribution in [3.63, 3.8) is 0 Å². The minimum Gasteiger partial charge on any atom is -0.439 e. The second-order valence-electron chi connectivity index (χ2n) is 7.57. The number of carbonyl (C=O) groups is 1. The molecule has 1 aromatic heterocycles. The van der Waals surface area contributed by atoms with Crippen molar-refractivity contribution in [2.75, 3.05) is 19.5 Å². The van der Waals surface area contributed by atoms with Gasteiger partial charge in [0.15, 0.2) is 0 Å². The Labute approximate surface area is 205 Å². The van der Waals surface area contributed by atoms with Crippen molar-refractivity contribution in [3.05, 3.63) is 57.8 Å². The van der Waals surface area contributed by atoms with Crippen LogP contribution in [0, 0.1) is 10.1 Å². The number of rotatable bonds is 14. The Morgan fingerprint density at radius 2 is 1.75 bits per heavy atom. The average Bonchev–Trinajstić information content (AvgIpc) is 2.82. The predicted octanol–water partition coefficient (Wildman–Crippen LogP) is 6.31. The van der Waals surface area contributed by atoms with E-state index in [9.17, 15) is 32.6 Å². The van der Waals surface area contributed by atoms with E-state index in [0.29, 0.717) is 19.0 Å². The number of nitro benzene ring substituents is 1. The minimum atomic E-state index is -4.58. The van der Waals surface area contributed by atoms with Gasteiger partial charge in [-0.05, 0) is 25.0 Å². The molecule has 1 heterocycles. The summed E-state index contributed by atoms with van der Waals surface area (Å²) in [5.41, 5.74) is -1.96. The Kier molecular flexibility index (Phi) is 10.8. The average molecular weight is 533 g/mol. The molecule has 0 aliphatic rings. The van der Waals surface area contributed by atoms with E-state index in [1.54, 1.807) is 0 Å². The van der Waals surface area contributed by atoms with Crippen LogP contribution in [0.4, 0.5) is 18.9 Å². The molecule has 0 atom stereocenters. The summed E-state index contributed by atoms with van der Waals surface area (Å²) < 4.78 is 67.3. The molecule has 1 aromatic carbocycles. The number of unbranched alkanes of at least 4 members (excludes halogenated alkanes) is 2. The largest absolute Gasteiger partial charge is 0.439 e. The summed E-state index contributed by atoms with van der Waals surface area (Å²) in [6, 6.07) is 4.94. The number of ether oxygens (including phenoxy) is 1. The normalized spacial score (nSPS) is 11.8. The number of nitro groups is 1. The molecule has 0 radical (unpaired) electrons. The summed E-state index contributed by atoms with van der Waals surface area (Å²) in [4.78, 5) is 27.0. The molecule has 14 heteroatoms. The van der Waals surface area contributed by atoms with Crippen LogP contribution in [0.2, 0.25) is 0 Å². The van der Waals surface area contributed by atoms with Gasteiger partial charge >= 0.3 is 13.8 Å². The first-order valence-corrected chi connectivity index (χ1v) is 12.9. The first-order chi connectivity index (χ1) is 17.0. The molecule has 0 fully saturated rings. The summed E-state index contributed by atoms with van der Waals surface area (Å²) in [6.45, 7) is 4.14. The van der Waals surface area contributed by atoms with Crippen molar-refractivity contribution in [2.24, 2.45) is 0 Å². The van der Waals surface area contributed by atoms with Crippen LogP contribution in [0.25, 0.3) is 0 Å². The molecule has 198 valence electrons. The molecule has 0 saturated heterocycles. The number of hydrogen-bond donors (Lipinski definition) is 1. The number of carbonyl (C=O) groups excluding carboxylic acids is 1. The number of pyridine rings is 1. The molecule has 1 N–H and O–H groups in total. The lowest BCUT2D eigenvalue weighted by atomic mass is 10.1. The van der Waals surface area contributed by atoms with Crippen molar-refractivity contribution in [1.29, 1.82) is 0 Å². The minimum absolute atomic E-state index is 0.0837. The number of benzene rings is 1. The zero-order valence-corrected chi connectivity index (χ0v) is 20.6. The van der Waals surface area contributed by atoms with Crippen molar-refractivity contribution in [3.8, 4) is 11.6 Å². The van der Waals surface area contributed by atoms with Gasteiger partial charge in [0.2, 0.25) is 5.88 Å². The second-order valence-corrected chi connectivity index (χ2v) is 9.62. The summed E-state index contributed by atoms with van der Waals surface area (Å²) in [6.07, 6.45) is -1.70. The molecular weight excluding hydrogens is 506 g/mol. The van der Waals surface area contributed by atoms with Crippen LogP contribution in [0.3, 0.4) is 0 Å². The molecule has 0 aliphatic heterocycles. The van der Waals surface area contributed by atoms with Crippen LogP contribution in [0.15, 0.2) is 36.5 Å². The molecule has 0 unspecified atom stereocenters. The number of nitrogens with zero attached hydrogens (tertiary/aromatic N) is 2. The van der Waals surface area contributed by atoms with Gasteiger partial charge in [-0.3, -0.25) is 19.5 Å². The van der Waals surface area contributed by atoms with E-state index in [1.165, 1.54) is 6.07 Å². The fraction of sp³-hybridized carbons (Fsp3) is 0.455. The Hall–Kier alpha value is -3.02. The zero-order chi connectivity index (χ0) is 26.8. The molecule has 2 rings (SSSR count). The first-order valence-electron chi connectivity index (χ1n) is 11.1. The van der Waals surface area contributed by atoms with Gasteiger partial charge in [0.05, 0.1) is 23.7 Å². The fourth-order valence-electron chi connectivity index (χ4n) is 2.74. The van der Waals surface area contributed by atoms with Gasteiger partial charge in [-0.25, -0.2) is 4.98 Å². The van der Waals surface area contributed by atoms with E-state index < -0.39 is 47.7 Å². The fourth-order valence-corrected chi connectivity index (χ4v) is 4.15. The molecule has 2 aromatic rings. The quantitative estimate of drug-likeness (QED) is 0.129. The van der Waals surface area contributed by atoms with Gasteiger partial charge in [-0.15, -0.1) is 0 Å². The topological polar surface area (TPSA) is 130 Å². The van der Waals surface area contributed by atoms with Crippen LogP contribution < -0.4 is 10.1 Å². The Morgan fingerprint density at radius 3 is 2.25 bits per heavy atom. The predicted molar refractivity (Wildman–Crippen MR) is 124 cm³/mol. The van der Waals surface area contributed by atoms with Crippen LogP contribution in [0.5, 0.6) is 11.6 Å². The third-order valence-corrected chi connectivity index (χ3v) is 6.40. The van der Waals surface area contributed by atoms with Gasteiger partial charge in [0.1, 0.15) is 17.6 Å². The maximum Gasteiger partial charge on any atom is 0.417 e. The zero-order valence-electron chi connectivity index (χ0n) is 19.7. The molecule has 36 heavy (non-hydrogen) atoms. The van der Waals surface area contributed by atoms with Crippen LogP contribution in [0.1, 0.15) is 55.5 Å². The summed E-state index contributed by atoms with van der Waals surface area (Å²) in [5.74, 6) is -1.24. The number of alkyl halides is 3. The van der Waals surface area contributed by atoms with Crippen molar-refractivity contribution >= 4 is 19.2 Å². The van der Waals surface area contributed by atoms with Crippen LogP contribution >= 0.6 is 7.60 Å². The van der Waals surface area contributed by atoms with Gasteiger partial charge in [-0.1, -0.05) is 26.7 Å². The number of amides is 1. The maximum atomic E-state index is 13.0. The SMILES string of the molecule is CCCCOP(=O)(CNC(=O)c1cc(Oc2ccc(C(F)(F)F)cn2)ccc1[N+](=O)[O-])OCCCC. The van der Waals surface area contributed by atoms with E-state index in [1.807, 2.05) is 13.8 Å². The van der Waals surface area contributed by atoms with E-state index in [0.717, 1.165) is 37.1 Å². The Bertz CT molecular complexity index is 1070. The smallest absolute Gasteiger partial charge is 0.417 e. The lowest BCUT2D eigenvalue weighted by Gasteiger charge is -2.19. The van der Waals surface area contributed by atoms with Crippen molar-refractivity contribution < 1.29 is 41.2 Å². The number of nitrogens with one attached hydrogen (secondary N) is 1. The van der Waals surface area contributed by atoms with E-state index in [4.69, 9.17) is 13.8 Å².